The Hall–Kier alpha value is -4.84. The monoisotopic (exact) mass is 698 g/mol. The highest BCUT2D eigenvalue weighted by Crippen LogP contribution is 2.28. The van der Waals surface area contributed by atoms with Gasteiger partial charge in [0.05, 0.1) is 13.2 Å². The van der Waals surface area contributed by atoms with Crippen molar-refractivity contribution in [1.29, 1.82) is 0 Å². The van der Waals surface area contributed by atoms with E-state index < -0.39 is 11.9 Å². The van der Waals surface area contributed by atoms with Gasteiger partial charge in [-0.05, 0) is 86.3 Å². The number of esters is 2. The third kappa shape index (κ3) is 8.80. The summed E-state index contributed by atoms with van der Waals surface area (Å²) in [6.45, 7) is 1.09. The van der Waals surface area contributed by atoms with Crippen LogP contribution in [-0.2, 0) is 23.8 Å². The van der Waals surface area contributed by atoms with Gasteiger partial charge in [-0.15, -0.1) is 22.7 Å². The number of unbranched alkanes of at least 4 members (excludes halogenated alkanes) is 2. The third-order valence-corrected chi connectivity index (χ3v) is 10.0. The number of ether oxygens (including phenoxy) is 5. The van der Waals surface area contributed by atoms with Crippen molar-refractivity contribution in [2.45, 2.75) is 25.7 Å². The molecule has 2 aromatic heterocycles. The highest BCUT2D eigenvalue weighted by atomic mass is 32.1. The average Bonchev–Trinajstić information content (AvgIpc) is 3.12. The van der Waals surface area contributed by atoms with Crippen LogP contribution in [0.2, 0.25) is 0 Å². The molecule has 0 amide bonds. The summed E-state index contributed by atoms with van der Waals surface area (Å²) in [5.74, 6) is -0.0770. The summed E-state index contributed by atoms with van der Waals surface area (Å²) in [5, 5.41) is 2.46. The van der Waals surface area contributed by atoms with Crippen LogP contribution in [0.1, 0.15) is 25.7 Å². The van der Waals surface area contributed by atoms with Crippen molar-refractivity contribution in [3.8, 4) is 11.5 Å². The van der Waals surface area contributed by atoms with Crippen molar-refractivity contribution in [3.63, 3.8) is 0 Å². The predicted molar refractivity (Wildman–Crippen MR) is 193 cm³/mol. The number of benzene rings is 4. The molecule has 4 aromatic carbocycles. The standard InChI is InChI=1S/C38H34O9S2/c39-35(23-46-25-13-15-33-29(21-25)37(41)27-9-1-3-11-31(27)48-33)44-19-7-5-17-43-18-6-8-20-45-36(40)24-47-26-14-16-34-30(22-26)38(42)28-10-2-4-12-32(28)49-34/h1-4,9-16,21-22H,5-8,17-20,23-24H2. The molecule has 0 aliphatic rings. The summed E-state index contributed by atoms with van der Waals surface area (Å²) in [7, 11) is 0. The van der Waals surface area contributed by atoms with E-state index in [-0.39, 0.29) is 37.3 Å². The molecular weight excluding hydrogens is 665 g/mol. The molecule has 0 fully saturated rings. The molecular formula is C38H34O9S2. The summed E-state index contributed by atoms with van der Waals surface area (Å²) in [6, 6.07) is 25.5. The molecule has 0 aliphatic carbocycles. The molecule has 9 nitrogen and oxygen atoms in total. The Kier molecular flexibility index (Phi) is 11.5. The van der Waals surface area contributed by atoms with E-state index >= 15 is 0 Å². The molecule has 0 bridgehead atoms. The van der Waals surface area contributed by atoms with Crippen LogP contribution < -0.4 is 20.3 Å². The quantitative estimate of drug-likeness (QED) is 0.0585. The normalized spacial score (nSPS) is 11.3. The van der Waals surface area contributed by atoms with Gasteiger partial charge in [0, 0.05) is 53.6 Å². The smallest absolute Gasteiger partial charge is 0.344 e. The van der Waals surface area contributed by atoms with Gasteiger partial charge in [-0.1, -0.05) is 24.3 Å². The number of carbonyl (C=O) groups is 2. The van der Waals surface area contributed by atoms with Crippen LogP contribution >= 0.6 is 22.7 Å². The lowest BCUT2D eigenvalue weighted by Crippen LogP contribution is -2.16. The number of rotatable bonds is 16. The van der Waals surface area contributed by atoms with Gasteiger partial charge >= 0.3 is 11.9 Å². The van der Waals surface area contributed by atoms with Crippen LogP contribution in [0, 0.1) is 0 Å². The van der Waals surface area contributed by atoms with Crippen LogP contribution in [0.25, 0.3) is 40.3 Å². The zero-order valence-electron chi connectivity index (χ0n) is 26.6. The third-order valence-electron chi connectivity index (χ3n) is 7.70. The van der Waals surface area contributed by atoms with Crippen molar-refractivity contribution in [2.24, 2.45) is 0 Å². The van der Waals surface area contributed by atoms with E-state index in [1.54, 1.807) is 24.3 Å². The number of carbonyl (C=O) groups excluding carboxylic acids is 2. The van der Waals surface area contributed by atoms with E-state index in [9.17, 15) is 19.2 Å². The van der Waals surface area contributed by atoms with Gasteiger partial charge in [0.1, 0.15) is 11.5 Å². The first kappa shape index (κ1) is 34.0. The van der Waals surface area contributed by atoms with E-state index in [1.807, 2.05) is 60.7 Å². The van der Waals surface area contributed by atoms with Crippen LogP contribution in [0.15, 0.2) is 94.5 Å². The first-order valence-corrected chi connectivity index (χ1v) is 17.7. The molecule has 0 N–H and O–H groups in total. The Balaban J connectivity index is 0.791. The molecule has 252 valence electrons. The van der Waals surface area contributed by atoms with Crippen molar-refractivity contribution >= 4 is 75.0 Å². The molecule has 0 atom stereocenters. The van der Waals surface area contributed by atoms with Crippen molar-refractivity contribution in [3.05, 3.63) is 105 Å². The predicted octanol–water partition coefficient (Wildman–Crippen LogP) is 7.26. The Morgan fingerprint density at radius 1 is 0.490 bits per heavy atom. The zero-order chi connectivity index (χ0) is 34.0. The maximum absolute atomic E-state index is 12.9. The Morgan fingerprint density at radius 2 is 0.898 bits per heavy atom. The lowest BCUT2D eigenvalue weighted by atomic mass is 10.2. The largest absolute Gasteiger partial charge is 0.482 e. The SMILES string of the molecule is O=C(COc1ccc2sc3ccccc3c(=O)c2c1)OCCCCOCCCCOC(=O)COc1ccc2sc3ccccc3c(=O)c2c1. The van der Waals surface area contributed by atoms with Crippen LogP contribution in [-0.4, -0.2) is 51.6 Å². The minimum absolute atomic E-state index is 0.0572. The maximum atomic E-state index is 12.9. The Labute approximate surface area is 289 Å². The fraction of sp³-hybridized carbons (Fsp3) is 0.263. The summed E-state index contributed by atoms with van der Waals surface area (Å²) in [4.78, 5) is 50.0. The maximum Gasteiger partial charge on any atom is 0.344 e. The van der Waals surface area contributed by atoms with Crippen LogP contribution in [0.3, 0.4) is 0 Å². The first-order valence-electron chi connectivity index (χ1n) is 16.0. The second-order valence-electron chi connectivity index (χ2n) is 11.2. The molecule has 0 saturated carbocycles. The van der Waals surface area contributed by atoms with E-state index in [1.165, 1.54) is 22.7 Å². The van der Waals surface area contributed by atoms with Gasteiger partial charge in [-0.2, -0.15) is 0 Å². The van der Waals surface area contributed by atoms with Gasteiger partial charge in [-0.25, -0.2) is 9.59 Å². The number of fused-ring (bicyclic) bond motifs is 4. The highest BCUT2D eigenvalue weighted by Gasteiger charge is 2.11. The molecule has 2 heterocycles. The summed E-state index contributed by atoms with van der Waals surface area (Å²) >= 11 is 3.08. The molecule has 6 aromatic rings. The fourth-order valence-corrected chi connectivity index (χ4v) is 7.30. The van der Waals surface area contributed by atoms with Crippen molar-refractivity contribution in [1.82, 2.24) is 0 Å². The molecule has 0 saturated heterocycles. The highest BCUT2D eigenvalue weighted by molar-refractivity contribution is 7.24. The summed E-state index contributed by atoms with van der Waals surface area (Å²) < 4.78 is 30.9. The topological polar surface area (TPSA) is 114 Å². The first-order chi connectivity index (χ1) is 24.0. The molecule has 6 rings (SSSR count). The molecule has 0 aliphatic heterocycles. The van der Waals surface area contributed by atoms with Crippen LogP contribution in [0.4, 0.5) is 0 Å². The van der Waals surface area contributed by atoms with Gasteiger partial charge in [0.2, 0.25) is 0 Å². The Morgan fingerprint density at radius 3 is 1.37 bits per heavy atom. The van der Waals surface area contributed by atoms with Crippen molar-refractivity contribution < 1.29 is 33.3 Å². The van der Waals surface area contributed by atoms with Gasteiger partial charge < -0.3 is 23.7 Å². The van der Waals surface area contributed by atoms with Gasteiger partial charge in [-0.3, -0.25) is 9.59 Å². The Bertz CT molecular complexity index is 2070. The van der Waals surface area contributed by atoms with E-state index in [0.717, 1.165) is 31.6 Å². The second kappa shape index (κ2) is 16.5. The average molecular weight is 699 g/mol. The second-order valence-corrected chi connectivity index (χ2v) is 13.4. The zero-order valence-corrected chi connectivity index (χ0v) is 28.3. The van der Waals surface area contributed by atoms with Gasteiger partial charge in [0.15, 0.2) is 24.1 Å². The minimum atomic E-state index is -0.479. The number of hydrogen-bond acceptors (Lipinski definition) is 11. The molecule has 49 heavy (non-hydrogen) atoms. The van der Waals surface area contributed by atoms with Crippen molar-refractivity contribution in [2.75, 3.05) is 39.6 Å². The lowest BCUT2D eigenvalue weighted by molar-refractivity contribution is -0.146. The molecule has 0 spiro atoms. The molecule has 0 radical (unpaired) electrons. The summed E-state index contributed by atoms with van der Waals surface area (Å²) in [6.07, 6.45) is 2.76. The van der Waals surface area contributed by atoms with E-state index in [2.05, 4.69) is 0 Å². The van der Waals surface area contributed by atoms with E-state index in [4.69, 9.17) is 23.7 Å². The van der Waals surface area contributed by atoms with Gasteiger partial charge in [0.25, 0.3) is 0 Å². The molecule has 11 heteroatoms. The fourth-order valence-electron chi connectivity index (χ4n) is 5.20. The minimum Gasteiger partial charge on any atom is -0.482 e. The van der Waals surface area contributed by atoms with E-state index in [0.29, 0.717) is 59.1 Å². The molecule has 0 unspecified atom stereocenters. The summed E-state index contributed by atoms with van der Waals surface area (Å²) in [5.41, 5.74) is -0.114. The van der Waals surface area contributed by atoms with Crippen LogP contribution in [0.5, 0.6) is 11.5 Å². The lowest BCUT2D eigenvalue weighted by Gasteiger charge is -2.09. The number of hydrogen-bond donors (Lipinski definition) is 0.